The van der Waals surface area contributed by atoms with Crippen LogP contribution < -0.4 is 0 Å². The molecule has 2 aromatic rings. The molecule has 0 aromatic heterocycles. The quantitative estimate of drug-likeness (QED) is 0.842. The Hall–Kier alpha value is -3.75. The number of ether oxygens (including phenoxy) is 1. The molecule has 3 amide bonds. The number of urea groups is 1. The third kappa shape index (κ3) is 2.81. The summed E-state index contributed by atoms with van der Waals surface area (Å²) >= 11 is 0. The van der Waals surface area contributed by atoms with Gasteiger partial charge in [-0.15, -0.1) is 0 Å². The number of piperazine rings is 1. The molecule has 2 aromatic carbocycles. The lowest BCUT2D eigenvalue weighted by Gasteiger charge is -2.38. The van der Waals surface area contributed by atoms with Crippen LogP contribution in [0.15, 0.2) is 58.8 Å². The van der Waals surface area contributed by atoms with Gasteiger partial charge < -0.3 is 9.84 Å². The van der Waals surface area contributed by atoms with E-state index in [1.807, 2.05) is 48.5 Å². The van der Waals surface area contributed by atoms with Crippen molar-refractivity contribution in [1.82, 2.24) is 9.80 Å². The highest BCUT2D eigenvalue weighted by atomic mass is 16.6. The maximum absolute atomic E-state index is 12.8. The van der Waals surface area contributed by atoms with Gasteiger partial charge in [-0.1, -0.05) is 53.6 Å². The average Bonchev–Trinajstić information content (AvgIpc) is 3.29. The normalized spacial score (nSPS) is 21.9. The van der Waals surface area contributed by atoms with Crippen molar-refractivity contribution in [1.29, 1.82) is 0 Å². The van der Waals surface area contributed by atoms with Gasteiger partial charge in [0.15, 0.2) is 12.2 Å². The summed E-state index contributed by atoms with van der Waals surface area (Å²) < 4.78 is 5.58. The zero-order valence-electron chi connectivity index (χ0n) is 15.8. The van der Waals surface area contributed by atoms with Crippen LogP contribution in [0.2, 0.25) is 0 Å². The summed E-state index contributed by atoms with van der Waals surface area (Å²) in [7, 11) is 0. The van der Waals surface area contributed by atoms with E-state index in [9.17, 15) is 19.5 Å². The van der Waals surface area contributed by atoms with Crippen LogP contribution in [-0.2, 0) is 9.53 Å². The van der Waals surface area contributed by atoms with Gasteiger partial charge >= 0.3 is 18.1 Å². The highest BCUT2D eigenvalue weighted by molar-refractivity contribution is 5.84. The monoisotopic (exact) mass is 406 g/mol. The molecular formula is C21H18N4O5. The Kier molecular flexibility index (Phi) is 4.23. The molecule has 30 heavy (non-hydrogen) atoms. The van der Waals surface area contributed by atoms with Crippen molar-refractivity contribution in [3.05, 3.63) is 59.7 Å². The number of nitrogens with zero attached hydrogens (tertiary/aromatic N) is 4. The smallest absolute Gasteiger partial charge is 0.410 e. The van der Waals surface area contributed by atoms with Crippen LogP contribution in [-0.4, -0.2) is 64.9 Å². The first-order valence-electron chi connectivity index (χ1n) is 9.60. The van der Waals surface area contributed by atoms with Crippen LogP contribution >= 0.6 is 0 Å². The molecule has 0 radical (unpaired) electrons. The third-order valence-electron chi connectivity index (χ3n) is 5.84. The van der Waals surface area contributed by atoms with E-state index in [2.05, 4.69) is 10.2 Å². The average molecular weight is 406 g/mol. The van der Waals surface area contributed by atoms with Crippen LogP contribution in [0.3, 0.4) is 0 Å². The number of benzene rings is 2. The predicted molar refractivity (Wildman–Crippen MR) is 104 cm³/mol. The molecule has 1 N–H and O–H groups in total. The number of amides is 3. The molecule has 9 nitrogen and oxygen atoms in total. The van der Waals surface area contributed by atoms with Crippen LogP contribution in [0.1, 0.15) is 17.0 Å². The van der Waals surface area contributed by atoms with Crippen molar-refractivity contribution in [2.75, 3.05) is 19.7 Å². The minimum atomic E-state index is -1.21. The largest absolute Gasteiger partial charge is 0.480 e. The highest BCUT2D eigenvalue weighted by Gasteiger charge is 2.45. The summed E-state index contributed by atoms with van der Waals surface area (Å²) in [4.78, 5) is 38.6. The number of carbonyl (C=O) groups is 3. The number of carbonyl (C=O) groups excluding carboxylic acids is 2. The number of rotatable bonds is 3. The summed E-state index contributed by atoms with van der Waals surface area (Å²) in [5.41, 5.74) is 4.36. The number of azo groups is 1. The lowest BCUT2D eigenvalue weighted by molar-refractivity contribution is -0.145. The number of fused-ring (bicyclic) bond motifs is 4. The van der Waals surface area contributed by atoms with Gasteiger partial charge in [-0.2, -0.15) is 5.11 Å². The van der Waals surface area contributed by atoms with E-state index >= 15 is 0 Å². The molecule has 0 spiro atoms. The second kappa shape index (κ2) is 6.94. The van der Waals surface area contributed by atoms with Gasteiger partial charge in [0, 0.05) is 5.92 Å². The first kappa shape index (κ1) is 18.3. The first-order chi connectivity index (χ1) is 14.5. The van der Waals surface area contributed by atoms with Crippen LogP contribution in [0, 0.1) is 0 Å². The van der Waals surface area contributed by atoms with E-state index < -0.39 is 30.3 Å². The molecule has 152 valence electrons. The van der Waals surface area contributed by atoms with Gasteiger partial charge in [-0.05, 0) is 22.3 Å². The van der Waals surface area contributed by atoms with Crippen molar-refractivity contribution in [3.8, 4) is 11.1 Å². The van der Waals surface area contributed by atoms with Crippen LogP contribution in [0.25, 0.3) is 11.1 Å². The zero-order chi connectivity index (χ0) is 20.8. The molecule has 0 bridgehead atoms. The number of aliphatic carboxylic acids is 1. The molecule has 9 heteroatoms. The van der Waals surface area contributed by atoms with E-state index in [-0.39, 0.29) is 25.6 Å². The van der Waals surface area contributed by atoms with Crippen molar-refractivity contribution in [3.63, 3.8) is 0 Å². The van der Waals surface area contributed by atoms with Gasteiger partial charge in [0.2, 0.25) is 0 Å². The molecule has 3 aliphatic rings. The molecule has 2 heterocycles. The van der Waals surface area contributed by atoms with Crippen molar-refractivity contribution in [2.45, 2.75) is 18.1 Å². The summed E-state index contributed by atoms with van der Waals surface area (Å²) in [6.07, 6.45) is -1.41. The Balaban J connectivity index is 1.35. The van der Waals surface area contributed by atoms with E-state index in [1.165, 1.54) is 4.90 Å². The fraction of sp³-hybridized carbons (Fsp3) is 0.286. The molecule has 1 saturated heterocycles. The molecule has 2 atom stereocenters. The Labute approximate surface area is 171 Å². The molecule has 5 rings (SSSR count). The Morgan fingerprint density at radius 1 is 1.03 bits per heavy atom. The Morgan fingerprint density at radius 3 is 2.30 bits per heavy atom. The van der Waals surface area contributed by atoms with Crippen LogP contribution in [0.4, 0.5) is 9.59 Å². The Morgan fingerprint density at radius 2 is 1.67 bits per heavy atom. The molecule has 1 aliphatic carbocycles. The third-order valence-corrected chi connectivity index (χ3v) is 5.84. The van der Waals surface area contributed by atoms with Crippen LogP contribution in [0.5, 0.6) is 0 Å². The zero-order valence-corrected chi connectivity index (χ0v) is 15.8. The topological polar surface area (TPSA) is 112 Å². The van der Waals surface area contributed by atoms with E-state index in [1.54, 1.807) is 0 Å². The lowest BCUT2D eigenvalue weighted by Crippen LogP contribution is -2.61. The second-order valence-corrected chi connectivity index (χ2v) is 7.44. The molecule has 2 aliphatic heterocycles. The van der Waals surface area contributed by atoms with E-state index in [4.69, 9.17) is 4.74 Å². The van der Waals surface area contributed by atoms with Crippen molar-refractivity contribution < 1.29 is 24.2 Å². The molecule has 2 unspecified atom stereocenters. The van der Waals surface area contributed by atoms with Gasteiger partial charge in [0.1, 0.15) is 6.61 Å². The fourth-order valence-corrected chi connectivity index (χ4v) is 4.38. The Bertz CT molecular complexity index is 1040. The fourth-order valence-electron chi connectivity index (χ4n) is 4.38. The highest BCUT2D eigenvalue weighted by Crippen LogP contribution is 2.44. The van der Waals surface area contributed by atoms with Gasteiger partial charge in [0.25, 0.3) is 0 Å². The molecule has 0 saturated carbocycles. The standard InChI is InChI=1S/C21H18N4O5/c26-19(27)17-9-25-18(22-23-20(25)28)10-24(17)21(29)30-11-16-14-7-3-1-5-12(14)13-6-2-4-8-15(13)16/h1-8,16-18H,9-11H2,(H,26,27). The van der Waals surface area contributed by atoms with Gasteiger partial charge in [-0.25, -0.2) is 14.4 Å². The maximum atomic E-state index is 12.8. The van der Waals surface area contributed by atoms with Crippen molar-refractivity contribution >= 4 is 18.1 Å². The number of carboxylic acid groups (broad SMARTS) is 1. The first-order valence-corrected chi connectivity index (χ1v) is 9.60. The summed E-state index contributed by atoms with van der Waals surface area (Å²) in [6.45, 7) is -0.149. The van der Waals surface area contributed by atoms with E-state index in [0.717, 1.165) is 27.2 Å². The number of hydrogen-bond acceptors (Lipinski definition) is 5. The predicted octanol–water partition coefficient (Wildman–Crippen LogP) is 2.92. The molecule has 1 fully saturated rings. The number of carboxylic acids is 1. The SMILES string of the molecule is O=C(O)C1CN2C(=O)N=NC2CN1C(=O)OCC1c2ccccc2-c2ccccc21. The minimum absolute atomic E-state index is 0.0666. The summed E-state index contributed by atoms with van der Waals surface area (Å²) in [5.74, 6) is -1.33. The minimum Gasteiger partial charge on any atom is -0.480 e. The second-order valence-electron chi connectivity index (χ2n) is 7.44. The number of hydrogen-bond donors (Lipinski definition) is 1. The summed E-state index contributed by atoms with van der Waals surface area (Å²) in [6, 6.07) is 14.1. The lowest BCUT2D eigenvalue weighted by atomic mass is 9.98. The molecular weight excluding hydrogens is 388 g/mol. The van der Waals surface area contributed by atoms with Gasteiger partial charge in [-0.3, -0.25) is 9.80 Å². The van der Waals surface area contributed by atoms with E-state index in [0.29, 0.717) is 0 Å². The summed E-state index contributed by atoms with van der Waals surface area (Å²) in [5, 5.41) is 16.8. The van der Waals surface area contributed by atoms with Crippen molar-refractivity contribution in [2.24, 2.45) is 10.2 Å². The maximum Gasteiger partial charge on any atom is 0.410 e. The van der Waals surface area contributed by atoms with Gasteiger partial charge in [0.05, 0.1) is 13.1 Å².